The van der Waals surface area contributed by atoms with Crippen LogP contribution in [0.2, 0.25) is 0 Å². The summed E-state index contributed by atoms with van der Waals surface area (Å²) >= 11 is 0. The maximum Gasteiger partial charge on any atom is 0.228 e. The lowest BCUT2D eigenvalue weighted by molar-refractivity contribution is 0.103. The molecule has 0 aliphatic carbocycles. The van der Waals surface area contributed by atoms with Crippen molar-refractivity contribution in [3.8, 4) is 22.8 Å². The van der Waals surface area contributed by atoms with Gasteiger partial charge < -0.3 is 9.72 Å². The van der Waals surface area contributed by atoms with Crippen LogP contribution in [0.15, 0.2) is 85.2 Å². The molecule has 6 nitrogen and oxygen atoms in total. The zero-order valence-electron chi connectivity index (χ0n) is 16.1. The SMILES string of the molecule is O=C(c1ccc(Oc2ncccc2-c2cccnc2F)cc1)c1nc2ccccc2[nH]1. The fourth-order valence-electron chi connectivity index (χ4n) is 3.25. The first-order chi connectivity index (χ1) is 15.2. The monoisotopic (exact) mass is 410 g/mol. The lowest BCUT2D eigenvalue weighted by Gasteiger charge is -2.10. The molecule has 2 aromatic carbocycles. The molecule has 0 fully saturated rings. The second kappa shape index (κ2) is 7.79. The number of nitrogens with one attached hydrogen (secondary N) is 1. The van der Waals surface area contributed by atoms with Crippen LogP contribution < -0.4 is 4.74 Å². The van der Waals surface area contributed by atoms with Gasteiger partial charge in [0.15, 0.2) is 5.82 Å². The Hall–Kier alpha value is -4.39. The summed E-state index contributed by atoms with van der Waals surface area (Å²) in [7, 11) is 0. The first kappa shape index (κ1) is 18.6. The average molecular weight is 410 g/mol. The minimum absolute atomic E-state index is 0.223. The van der Waals surface area contributed by atoms with E-state index in [4.69, 9.17) is 4.74 Å². The van der Waals surface area contributed by atoms with Crippen molar-refractivity contribution in [3.05, 3.63) is 103 Å². The number of aromatic nitrogens is 4. The molecule has 31 heavy (non-hydrogen) atoms. The van der Waals surface area contributed by atoms with Crippen LogP contribution in [0.25, 0.3) is 22.2 Å². The highest BCUT2D eigenvalue weighted by Gasteiger charge is 2.16. The van der Waals surface area contributed by atoms with Gasteiger partial charge >= 0.3 is 0 Å². The third-order valence-electron chi connectivity index (χ3n) is 4.76. The number of fused-ring (bicyclic) bond motifs is 1. The maximum absolute atomic E-state index is 14.1. The highest BCUT2D eigenvalue weighted by atomic mass is 19.1. The molecule has 150 valence electrons. The van der Waals surface area contributed by atoms with Crippen LogP contribution >= 0.6 is 0 Å². The number of ketones is 1. The predicted octanol–water partition coefficient (Wildman–Crippen LogP) is 5.18. The molecule has 3 aromatic heterocycles. The number of aromatic amines is 1. The molecule has 0 amide bonds. The number of pyridine rings is 2. The Kier molecular flexibility index (Phi) is 4.68. The number of imidazole rings is 1. The Labute approximate surface area is 176 Å². The molecule has 1 N–H and O–H groups in total. The molecular formula is C24H15FN4O2. The van der Waals surface area contributed by atoms with E-state index < -0.39 is 5.95 Å². The molecule has 0 spiro atoms. The quantitative estimate of drug-likeness (QED) is 0.319. The normalized spacial score (nSPS) is 10.9. The third-order valence-corrected chi connectivity index (χ3v) is 4.76. The van der Waals surface area contributed by atoms with E-state index in [0.717, 1.165) is 11.0 Å². The zero-order chi connectivity index (χ0) is 21.2. The summed E-state index contributed by atoms with van der Waals surface area (Å²) in [5, 5.41) is 0. The zero-order valence-corrected chi connectivity index (χ0v) is 16.1. The summed E-state index contributed by atoms with van der Waals surface area (Å²) in [6.45, 7) is 0. The van der Waals surface area contributed by atoms with Gasteiger partial charge in [-0.25, -0.2) is 15.0 Å². The van der Waals surface area contributed by atoms with Crippen molar-refractivity contribution in [1.29, 1.82) is 0 Å². The third kappa shape index (κ3) is 3.64. The van der Waals surface area contributed by atoms with Crippen LogP contribution in [0, 0.1) is 5.95 Å². The number of nitrogens with zero attached hydrogens (tertiary/aromatic N) is 3. The lowest BCUT2D eigenvalue weighted by atomic mass is 10.1. The summed E-state index contributed by atoms with van der Waals surface area (Å²) in [5.41, 5.74) is 2.77. The van der Waals surface area contributed by atoms with Crippen LogP contribution in [0.5, 0.6) is 11.6 Å². The average Bonchev–Trinajstić information content (AvgIpc) is 3.24. The number of halogens is 1. The predicted molar refractivity (Wildman–Crippen MR) is 113 cm³/mol. The molecule has 0 aliphatic rings. The number of carbonyl (C=O) groups is 1. The van der Waals surface area contributed by atoms with Gasteiger partial charge in [0.05, 0.1) is 11.0 Å². The van der Waals surface area contributed by atoms with Crippen molar-refractivity contribution in [2.75, 3.05) is 0 Å². The molecule has 0 atom stereocenters. The van der Waals surface area contributed by atoms with Gasteiger partial charge in [-0.05, 0) is 60.7 Å². The first-order valence-electron chi connectivity index (χ1n) is 9.52. The molecule has 5 rings (SSSR count). The number of benzene rings is 2. The summed E-state index contributed by atoms with van der Waals surface area (Å²) in [4.78, 5) is 28.1. The van der Waals surface area contributed by atoms with Gasteiger partial charge in [-0.1, -0.05) is 12.1 Å². The Morgan fingerprint density at radius 3 is 2.35 bits per heavy atom. The summed E-state index contributed by atoms with van der Waals surface area (Å²) in [6.07, 6.45) is 2.94. The molecule has 0 saturated heterocycles. The summed E-state index contributed by atoms with van der Waals surface area (Å²) in [6, 6.07) is 20.7. The molecular weight excluding hydrogens is 395 g/mol. The number of H-pyrrole nitrogens is 1. The number of rotatable bonds is 5. The van der Waals surface area contributed by atoms with E-state index in [1.165, 1.54) is 6.20 Å². The van der Waals surface area contributed by atoms with Crippen molar-refractivity contribution in [2.24, 2.45) is 0 Å². The molecule has 0 unspecified atom stereocenters. The van der Waals surface area contributed by atoms with E-state index in [2.05, 4.69) is 19.9 Å². The number of hydrogen-bond acceptors (Lipinski definition) is 5. The van der Waals surface area contributed by atoms with Gasteiger partial charge in [0.25, 0.3) is 0 Å². The molecule has 0 bridgehead atoms. The fourth-order valence-corrected chi connectivity index (χ4v) is 3.25. The minimum Gasteiger partial charge on any atom is -0.438 e. The minimum atomic E-state index is -0.605. The topological polar surface area (TPSA) is 80.8 Å². The Morgan fingerprint density at radius 2 is 1.58 bits per heavy atom. The second-order valence-corrected chi connectivity index (χ2v) is 6.76. The van der Waals surface area contributed by atoms with E-state index >= 15 is 0 Å². The van der Waals surface area contributed by atoms with Crippen LogP contribution in [-0.2, 0) is 0 Å². The molecule has 0 saturated carbocycles. The van der Waals surface area contributed by atoms with Crippen molar-refractivity contribution in [3.63, 3.8) is 0 Å². The van der Waals surface area contributed by atoms with Crippen molar-refractivity contribution < 1.29 is 13.9 Å². The van der Waals surface area contributed by atoms with E-state index in [1.807, 2.05) is 24.3 Å². The summed E-state index contributed by atoms with van der Waals surface area (Å²) in [5.74, 6) is 0.149. The number of carbonyl (C=O) groups excluding carboxylic acids is 1. The van der Waals surface area contributed by atoms with Crippen LogP contribution in [-0.4, -0.2) is 25.7 Å². The Morgan fingerprint density at radius 1 is 0.839 bits per heavy atom. The van der Waals surface area contributed by atoms with Crippen LogP contribution in [0.1, 0.15) is 16.2 Å². The first-order valence-corrected chi connectivity index (χ1v) is 9.52. The highest BCUT2D eigenvalue weighted by Crippen LogP contribution is 2.32. The van der Waals surface area contributed by atoms with Gasteiger partial charge in [-0.15, -0.1) is 0 Å². The smallest absolute Gasteiger partial charge is 0.228 e. The van der Waals surface area contributed by atoms with Gasteiger partial charge in [0.1, 0.15) is 5.75 Å². The van der Waals surface area contributed by atoms with Crippen LogP contribution in [0.3, 0.4) is 0 Å². The standard InChI is InChI=1S/C24H15FN4O2/c25-22-17(5-3-13-26-22)18-6-4-14-27-24(18)31-16-11-9-15(10-12-16)21(30)23-28-19-7-1-2-8-20(19)29-23/h1-14H,(H,28,29). The second-order valence-electron chi connectivity index (χ2n) is 6.76. The van der Waals surface area contributed by atoms with Crippen molar-refractivity contribution in [1.82, 2.24) is 19.9 Å². The van der Waals surface area contributed by atoms with E-state index in [1.54, 1.807) is 54.7 Å². The molecule has 0 aliphatic heterocycles. The lowest BCUT2D eigenvalue weighted by Crippen LogP contribution is -2.03. The summed E-state index contributed by atoms with van der Waals surface area (Å²) < 4.78 is 20.0. The number of hydrogen-bond donors (Lipinski definition) is 1. The van der Waals surface area contributed by atoms with Gasteiger partial charge in [0.2, 0.25) is 17.6 Å². The van der Waals surface area contributed by atoms with E-state index in [0.29, 0.717) is 22.4 Å². The molecule has 7 heteroatoms. The molecule has 3 heterocycles. The molecule has 5 aromatic rings. The van der Waals surface area contributed by atoms with Crippen molar-refractivity contribution in [2.45, 2.75) is 0 Å². The number of ether oxygens (including phenoxy) is 1. The van der Waals surface area contributed by atoms with Gasteiger partial charge in [0, 0.05) is 29.1 Å². The van der Waals surface area contributed by atoms with Crippen molar-refractivity contribution >= 4 is 16.8 Å². The van der Waals surface area contributed by atoms with Gasteiger partial charge in [-0.2, -0.15) is 4.39 Å². The fraction of sp³-hybridized carbons (Fsp3) is 0. The van der Waals surface area contributed by atoms with Crippen LogP contribution in [0.4, 0.5) is 4.39 Å². The van der Waals surface area contributed by atoms with E-state index in [9.17, 15) is 9.18 Å². The largest absolute Gasteiger partial charge is 0.438 e. The molecule has 0 radical (unpaired) electrons. The Bertz CT molecular complexity index is 1360. The maximum atomic E-state index is 14.1. The van der Waals surface area contributed by atoms with Gasteiger partial charge in [-0.3, -0.25) is 4.79 Å². The Balaban J connectivity index is 1.40. The highest BCUT2D eigenvalue weighted by molar-refractivity contribution is 6.08. The van der Waals surface area contributed by atoms with E-state index in [-0.39, 0.29) is 17.5 Å². The number of para-hydroxylation sites is 2.